The summed E-state index contributed by atoms with van der Waals surface area (Å²) >= 11 is 0. The van der Waals surface area contributed by atoms with E-state index in [4.69, 9.17) is 0 Å². The van der Waals surface area contributed by atoms with Gasteiger partial charge in [0.1, 0.15) is 11.6 Å². The van der Waals surface area contributed by atoms with Crippen LogP contribution in [0, 0.1) is 17.6 Å². The average Bonchev–Trinajstić information content (AvgIpc) is 3.42. The van der Waals surface area contributed by atoms with Crippen molar-refractivity contribution in [2.75, 3.05) is 31.5 Å². The van der Waals surface area contributed by atoms with Gasteiger partial charge in [0.25, 0.3) is 5.91 Å². The van der Waals surface area contributed by atoms with Crippen molar-refractivity contribution in [2.24, 2.45) is 5.92 Å². The third-order valence-corrected chi connectivity index (χ3v) is 7.28. The number of amides is 3. The molecule has 5 rings (SSSR count). The van der Waals surface area contributed by atoms with E-state index in [-0.39, 0.29) is 37.4 Å². The van der Waals surface area contributed by atoms with Crippen LogP contribution in [-0.2, 0) is 12.1 Å². The summed E-state index contributed by atoms with van der Waals surface area (Å²) in [6.07, 6.45) is 2.63. The van der Waals surface area contributed by atoms with Crippen LogP contribution in [0.4, 0.5) is 19.4 Å². The number of nitrogens with one attached hydrogen (secondary N) is 2. The molecule has 1 aromatic carbocycles. The number of urea groups is 1. The number of anilines is 1. The van der Waals surface area contributed by atoms with Gasteiger partial charge >= 0.3 is 6.03 Å². The third kappa shape index (κ3) is 4.63. The number of rotatable bonds is 4. The Morgan fingerprint density at radius 1 is 1.23 bits per heavy atom. The predicted molar refractivity (Wildman–Crippen MR) is 129 cm³/mol. The zero-order chi connectivity index (χ0) is 24.2. The van der Waals surface area contributed by atoms with Gasteiger partial charge in [-0.25, -0.2) is 13.6 Å². The number of carbonyl (C=O) groups excluding carboxylic acids is 2. The summed E-state index contributed by atoms with van der Waals surface area (Å²) in [6, 6.07) is 2.85. The zero-order valence-corrected chi connectivity index (χ0v) is 19.7. The fraction of sp³-hybridized carbons (Fsp3) is 0.560. The van der Waals surface area contributed by atoms with Gasteiger partial charge in [0.05, 0.1) is 23.3 Å². The van der Waals surface area contributed by atoms with Gasteiger partial charge in [-0.1, -0.05) is 7.43 Å². The number of carbonyl (C=O) groups is 2. The number of aromatic nitrogens is 2. The lowest BCUT2D eigenvalue weighted by Gasteiger charge is -2.44. The van der Waals surface area contributed by atoms with Gasteiger partial charge in [0, 0.05) is 43.9 Å². The van der Waals surface area contributed by atoms with Gasteiger partial charge in [-0.05, 0) is 51.7 Å². The molecule has 2 aromatic rings. The summed E-state index contributed by atoms with van der Waals surface area (Å²) in [5.74, 6) is -1.37. The number of nitrogens with zero attached hydrogens (tertiary/aromatic N) is 4. The maximum absolute atomic E-state index is 14.0. The Morgan fingerprint density at radius 3 is 2.63 bits per heavy atom. The van der Waals surface area contributed by atoms with Crippen LogP contribution >= 0.6 is 0 Å². The third-order valence-electron chi connectivity index (χ3n) is 7.28. The van der Waals surface area contributed by atoms with Gasteiger partial charge in [0.15, 0.2) is 5.82 Å². The van der Waals surface area contributed by atoms with Crippen LogP contribution in [0.3, 0.4) is 0 Å². The highest BCUT2D eigenvalue weighted by molar-refractivity contribution is 6.04. The lowest BCUT2D eigenvalue weighted by atomic mass is 10.0. The lowest BCUT2D eigenvalue weighted by molar-refractivity contribution is 0.0577. The summed E-state index contributed by atoms with van der Waals surface area (Å²) in [7, 11) is 0. The van der Waals surface area contributed by atoms with Crippen LogP contribution < -0.4 is 5.32 Å². The van der Waals surface area contributed by atoms with Crippen molar-refractivity contribution in [3.8, 4) is 0 Å². The number of aromatic amines is 1. The smallest absolute Gasteiger partial charge is 0.319 e. The van der Waals surface area contributed by atoms with Gasteiger partial charge in [-0.3, -0.25) is 14.8 Å². The number of benzene rings is 1. The van der Waals surface area contributed by atoms with E-state index in [1.165, 1.54) is 12.8 Å². The number of hydrogen-bond acceptors (Lipinski definition) is 4. The Labute approximate surface area is 204 Å². The van der Waals surface area contributed by atoms with Gasteiger partial charge in [0.2, 0.25) is 0 Å². The van der Waals surface area contributed by atoms with Crippen LogP contribution in [0.25, 0.3) is 0 Å². The largest absolute Gasteiger partial charge is 0.321 e. The molecule has 1 atom stereocenters. The first-order chi connectivity index (χ1) is 16.1. The molecule has 1 saturated carbocycles. The molecule has 8 nitrogen and oxygen atoms in total. The van der Waals surface area contributed by atoms with Crippen molar-refractivity contribution in [2.45, 2.75) is 59.2 Å². The molecule has 1 aliphatic carbocycles. The fourth-order valence-electron chi connectivity index (χ4n) is 5.08. The molecule has 2 aliphatic heterocycles. The Balaban J connectivity index is 0.00000289. The minimum atomic E-state index is -0.948. The maximum atomic E-state index is 14.0. The molecule has 3 amide bonds. The topological polar surface area (TPSA) is 84.6 Å². The minimum Gasteiger partial charge on any atom is -0.319 e. The number of H-pyrrole nitrogens is 1. The first-order valence-electron chi connectivity index (χ1n) is 11.8. The van der Waals surface area contributed by atoms with Crippen molar-refractivity contribution >= 4 is 17.8 Å². The molecule has 10 heteroatoms. The Bertz CT molecular complexity index is 1130. The molecular formula is C25H34F2N6O2. The quantitative estimate of drug-likeness (QED) is 0.677. The van der Waals surface area contributed by atoms with E-state index >= 15 is 0 Å². The molecule has 1 aromatic heterocycles. The number of piperazine rings is 1. The van der Waals surface area contributed by atoms with Crippen molar-refractivity contribution in [3.05, 3.63) is 46.7 Å². The molecule has 0 radical (unpaired) electrons. The number of fused-ring (bicyclic) bond motifs is 1. The van der Waals surface area contributed by atoms with E-state index in [0.29, 0.717) is 18.2 Å². The average molecular weight is 489 g/mol. The summed E-state index contributed by atoms with van der Waals surface area (Å²) in [6.45, 7) is 9.78. The Kier molecular flexibility index (Phi) is 6.61. The Hall–Kier alpha value is -3.01. The highest BCUT2D eigenvalue weighted by Gasteiger charge is 2.46. The summed E-state index contributed by atoms with van der Waals surface area (Å²) in [5, 5.41) is 9.76. The second-order valence-electron chi connectivity index (χ2n) is 10.2. The van der Waals surface area contributed by atoms with Crippen molar-refractivity contribution < 1.29 is 18.4 Å². The predicted octanol–water partition coefficient (Wildman–Crippen LogP) is 4.16. The van der Waals surface area contributed by atoms with E-state index in [0.717, 1.165) is 43.4 Å². The molecule has 35 heavy (non-hydrogen) atoms. The number of halogens is 2. The second-order valence-corrected chi connectivity index (χ2v) is 10.2. The Morgan fingerprint density at radius 2 is 1.97 bits per heavy atom. The molecule has 0 unspecified atom stereocenters. The number of hydrogen-bond donors (Lipinski definition) is 2. The molecule has 2 N–H and O–H groups in total. The molecule has 2 fully saturated rings. The standard InChI is InChI=1S/C24H30F2N6O2.CH4/c1-14-11-30(12-15-4-5-15)8-9-31(14)23(34)32-13-18-20(24(32,2)3)28-29-21(18)27-22(33)17-7-6-16(25)10-19(17)26;/h6-7,10,14-15H,4-5,8-9,11-13H2,1-3H3,(H2,27,28,29,33);1H4/t14-;/m0./s1. The highest BCUT2D eigenvalue weighted by atomic mass is 19.1. The van der Waals surface area contributed by atoms with Crippen LogP contribution in [0.1, 0.15) is 62.7 Å². The summed E-state index contributed by atoms with van der Waals surface area (Å²) in [5.41, 5.74) is 0.486. The van der Waals surface area contributed by atoms with E-state index in [2.05, 4.69) is 27.3 Å². The van der Waals surface area contributed by atoms with Crippen LogP contribution in [0.15, 0.2) is 18.2 Å². The summed E-state index contributed by atoms with van der Waals surface area (Å²) in [4.78, 5) is 32.4. The molecule has 3 heterocycles. The van der Waals surface area contributed by atoms with Crippen molar-refractivity contribution in [1.82, 2.24) is 24.9 Å². The van der Waals surface area contributed by atoms with Crippen LogP contribution in [0.5, 0.6) is 0 Å². The first kappa shape index (κ1) is 25.1. The molecule has 1 saturated heterocycles. The van der Waals surface area contributed by atoms with Crippen LogP contribution in [-0.4, -0.2) is 69.1 Å². The van der Waals surface area contributed by atoms with Crippen LogP contribution in [0.2, 0.25) is 0 Å². The van der Waals surface area contributed by atoms with Gasteiger partial charge in [-0.15, -0.1) is 0 Å². The van der Waals surface area contributed by atoms with E-state index in [1.54, 1.807) is 4.90 Å². The van der Waals surface area contributed by atoms with Gasteiger partial charge < -0.3 is 15.1 Å². The van der Waals surface area contributed by atoms with E-state index in [9.17, 15) is 18.4 Å². The van der Waals surface area contributed by atoms with Crippen molar-refractivity contribution in [3.63, 3.8) is 0 Å². The zero-order valence-electron chi connectivity index (χ0n) is 19.7. The first-order valence-corrected chi connectivity index (χ1v) is 11.8. The summed E-state index contributed by atoms with van der Waals surface area (Å²) < 4.78 is 27.2. The molecular weight excluding hydrogens is 454 g/mol. The van der Waals surface area contributed by atoms with Gasteiger partial charge in [-0.2, -0.15) is 5.10 Å². The lowest BCUT2D eigenvalue weighted by Crippen LogP contribution is -2.58. The second kappa shape index (κ2) is 9.22. The van der Waals surface area contributed by atoms with E-state index in [1.807, 2.05) is 18.7 Å². The fourth-order valence-corrected chi connectivity index (χ4v) is 5.08. The minimum absolute atomic E-state index is 0. The maximum Gasteiger partial charge on any atom is 0.321 e. The van der Waals surface area contributed by atoms with Crippen molar-refractivity contribution in [1.29, 1.82) is 0 Å². The molecule has 3 aliphatic rings. The van der Waals surface area contributed by atoms with E-state index < -0.39 is 23.1 Å². The molecule has 0 bridgehead atoms. The highest BCUT2D eigenvalue weighted by Crippen LogP contribution is 2.41. The monoisotopic (exact) mass is 488 g/mol. The SMILES string of the molecule is C.C[C@H]1CN(CC2CC2)CCN1C(=O)N1Cc2c(NC(=O)c3ccc(F)cc3F)n[nH]c2C1(C)C. The normalized spacial score (nSPS) is 21.5. The molecule has 190 valence electrons. The molecule has 0 spiro atoms.